The molecule has 1 amide bonds. The molecule has 0 saturated carbocycles. The lowest BCUT2D eigenvalue weighted by atomic mass is 10.2. The lowest BCUT2D eigenvalue weighted by Crippen LogP contribution is -2.24. The number of rotatable bonds is 7. The summed E-state index contributed by atoms with van der Waals surface area (Å²) >= 11 is 0. The van der Waals surface area contributed by atoms with E-state index in [0.29, 0.717) is 17.1 Å². The van der Waals surface area contributed by atoms with E-state index < -0.39 is 17.4 Å². The number of para-hydroxylation sites is 2. The molecule has 0 aliphatic rings. The van der Waals surface area contributed by atoms with E-state index in [4.69, 9.17) is 9.15 Å². The molecule has 142 valence electrons. The quantitative estimate of drug-likeness (QED) is 0.382. The Morgan fingerprint density at radius 3 is 2.68 bits per heavy atom. The fourth-order valence-electron chi connectivity index (χ4n) is 2.27. The number of carbonyl (C=O) groups is 1. The molecule has 9 heteroatoms. The molecular formula is C19H14FN3O5. The summed E-state index contributed by atoms with van der Waals surface area (Å²) in [6, 6.07) is 14.9. The number of nitro benzene ring substituents is 1. The second-order valence-corrected chi connectivity index (χ2v) is 5.52. The highest BCUT2D eigenvalue weighted by Crippen LogP contribution is 2.25. The van der Waals surface area contributed by atoms with Gasteiger partial charge < -0.3 is 9.15 Å². The molecule has 28 heavy (non-hydrogen) atoms. The van der Waals surface area contributed by atoms with Gasteiger partial charge in [-0.3, -0.25) is 14.9 Å². The predicted octanol–water partition coefficient (Wildman–Crippen LogP) is 3.52. The molecule has 0 radical (unpaired) electrons. The standard InChI is InChI=1S/C19H14FN3O5/c20-14-7-5-13(6-8-14)17-10-9-15(28-17)11-21-22-19(24)12-27-18-4-2-1-3-16(18)23(25)26/h1-11H,12H2,(H,22,24)/b21-11-. The number of nitrogens with zero attached hydrogens (tertiary/aromatic N) is 2. The molecule has 0 saturated heterocycles. The third-order valence-electron chi connectivity index (χ3n) is 3.56. The van der Waals surface area contributed by atoms with E-state index in [0.717, 1.165) is 0 Å². The summed E-state index contributed by atoms with van der Waals surface area (Å²) in [5.41, 5.74) is 2.70. The van der Waals surface area contributed by atoms with Crippen LogP contribution >= 0.6 is 0 Å². The topological polar surface area (TPSA) is 107 Å². The highest BCUT2D eigenvalue weighted by Gasteiger charge is 2.14. The summed E-state index contributed by atoms with van der Waals surface area (Å²) in [4.78, 5) is 22.1. The lowest BCUT2D eigenvalue weighted by Gasteiger charge is -2.05. The zero-order chi connectivity index (χ0) is 19.9. The number of amides is 1. The Labute approximate surface area is 158 Å². The Kier molecular flexibility index (Phi) is 5.75. The molecular weight excluding hydrogens is 369 g/mol. The molecule has 1 N–H and O–H groups in total. The summed E-state index contributed by atoms with van der Waals surface area (Å²) in [7, 11) is 0. The Balaban J connectivity index is 1.53. The first-order valence-corrected chi connectivity index (χ1v) is 8.07. The van der Waals surface area contributed by atoms with E-state index in [1.54, 1.807) is 30.3 Å². The summed E-state index contributed by atoms with van der Waals surface area (Å²) in [5.74, 6) is -0.0593. The normalized spacial score (nSPS) is 10.8. The molecule has 0 fully saturated rings. The van der Waals surface area contributed by atoms with E-state index in [1.807, 2.05) is 0 Å². The average Bonchev–Trinajstić information content (AvgIpc) is 3.16. The molecule has 1 heterocycles. The SMILES string of the molecule is O=C(COc1ccccc1[N+](=O)[O-])N/N=C\c1ccc(-c2ccc(F)cc2)o1. The van der Waals surface area contributed by atoms with E-state index in [9.17, 15) is 19.3 Å². The number of benzene rings is 2. The monoisotopic (exact) mass is 383 g/mol. The number of carbonyl (C=O) groups excluding carboxylic acids is 1. The van der Waals surface area contributed by atoms with Gasteiger partial charge in [0, 0.05) is 11.6 Å². The van der Waals surface area contributed by atoms with Gasteiger partial charge in [0.1, 0.15) is 17.3 Å². The van der Waals surface area contributed by atoms with Crippen LogP contribution in [0.3, 0.4) is 0 Å². The fourth-order valence-corrected chi connectivity index (χ4v) is 2.27. The van der Waals surface area contributed by atoms with Crippen LogP contribution in [0.2, 0.25) is 0 Å². The fraction of sp³-hybridized carbons (Fsp3) is 0.0526. The third-order valence-corrected chi connectivity index (χ3v) is 3.56. The van der Waals surface area contributed by atoms with Crippen LogP contribution in [0, 0.1) is 15.9 Å². The van der Waals surface area contributed by atoms with E-state index in [1.165, 1.54) is 36.5 Å². The Morgan fingerprint density at radius 1 is 1.18 bits per heavy atom. The summed E-state index contributed by atoms with van der Waals surface area (Å²) < 4.78 is 23.6. The van der Waals surface area contributed by atoms with Gasteiger partial charge in [-0.25, -0.2) is 9.82 Å². The van der Waals surface area contributed by atoms with Crippen LogP contribution in [0.15, 0.2) is 70.2 Å². The van der Waals surface area contributed by atoms with Gasteiger partial charge in [0.2, 0.25) is 0 Å². The van der Waals surface area contributed by atoms with Gasteiger partial charge >= 0.3 is 5.69 Å². The van der Waals surface area contributed by atoms with Crippen molar-refractivity contribution >= 4 is 17.8 Å². The minimum Gasteiger partial charge on any atom is -0.477 e. The van der Waals surface area contributed by atoms with Crippen molar-refractivity contribution in [2.24, 2.45) is 5.10 Å². The number of hydrazone groups is 1. The van der Waals surface area contributed by atoms with Gasteiger partial charge in [-0.15, -0.1) is 0 Å². The van der Waals surface area contributed by atoms with Crippen molar-refractivity contribution in [3.8, 4) is 17.1 Å². The molecule has 2 aromatic carbocycles. The van der Waals surface area contributed by atoms with Gasteiger partial charge in [-0.1, -0.05) is 12.1 Å². The number of nitro groups is 1. The predicted molar refractivity (Wildman–Crippen MR) is 98.4 cm³/mol. The van der Waals surface area contributed by atoms with Crippen LogP contribution in [0.4, 0.5) is 10.1 Å². The average molecular weight is 383 g/mol. The van der Waals surface area contributed by atoms with Gasteiger partial charge in [-0.2, -0.15) is 5.10 Å². The maximum absolute atomic E-state index is 12.9. The first-order valence-electron chi connectivity index (χ1n) is 8.07. The highest BCUT2D eigenvalue weighted by atomic mass is 19.1. The van der Waals surface area contributed by atoms with Crippen LogP contribution in [0.25, 0.3) is 11.3 Å². The Bertz CT molecular complexity index is 1010. The van der Waals surface area contributed by atoms with Crippen molar-refractivity contribution in [1.82, 2.24) is 5.43 Å². The molecule has 0 bridgehead atoms. The van der Waals surface area contributed by atoms with Gasteiger partial charge in [0.15, 0.2) is 12.4 Å². The van der Waals surface area contributed by atoms with E-state index in [2.05, 4.69) is 10.5 Å². The molecule has 0 atom stereocenters. The van der Waals surface area contributed by atoms with Crippen molar-refractivity contribution in [2.75, 3.05) is 6.61 Å². The van der Waals surface area contributed by atoms with E-state index >= 15 is 0 Å². The summed E-state index contributed by atoms with van der Waals surface area (Å²) in [5, 5.41) is 14.6. The van der Waals surface area contributed by atoms with Crippen molar-refractivity contribution in [3.05, 3.63) is 82.4 Å². The van der Waals surface area contributed by atoms with Crippen LogP contribution in [-0.2, 0) is 4.79 Å². The molecule has 3 rings (SSSR count). The minimum absolute atomic E-state index is 0.0124. The number of hydrogen-bond donors (Lipinski definition) is 1. The summed E-state index contributed by atoms with van der Waals surface area (Å²) in [6.45, 7) is -0.443. The van der Waals surface area contributed by atoms with Gasteiger partial charge in [0.05, 0.1) is 11.1 Å². The maximum atomic E-state index is 12.9. The third kappa shape index (κ3) is 4.79. The van der Waals surface area contributed by atoms with Crippen molar-refractivity contribution in [2.45, 2.75) is 0 Å². The Morgan fingerprint density at radius 2 is 1.93 bits per heavy atom. The van der Waals surface area contributed by atoms with Crippen molar-refractivity contribution in [1.29, 1.82) is 0 Å². The number of halogens is 1. The van der Waals surface area contributed by atoms with Crippen molar-refractivity contribution < 1.29 is 23.3 Å². The molecule has 0 spiro atoms. The number of hydrogen-bond acceptors (Lipinski definition) is 6. The van der Waals surface area contributed by atoms with Crippen LogP contribution in [0.1, 0.15) is 5.76 Å². The zero-order valence-electron chi connectivity index (χ0n) is 14.4. The van der Waals surface area contributed by atoms with Crippen LogP contribution < -0.4 is 10.2 Å². The van der Waals surface area contributed by atoms with Gasteiger partial charge in [-0.05, 0) is 42.5 Å². The first kappa shape index (κ1) is 18.8. The van der Waals surface area contributed by atoms with Crippen LogP contribution in [-0.4, -0.2) is 23.7 Å². The Hall–Kier alpha value is -4.01. The zero-order valence-corrected chi connectivity index (χ0v) is 14.4. The summed E-state index contributed by atoms with van der Waals surface area (Å²) in [6.07, 6.45) is 1.29. The van der Waals surface area contributed by atoms with Crippen LogP contribution in [0.5, 0.6) is 5.75 Å². The van der Waals surface area contributed by atoms with Crippen molar-refractivity contribution in [3.63, 3.8) is 0 Å². The number of furan rings is 1. The highest BCUT2D eigenvalue weighted by molar-refractivity contribution is 5.81. The lowest BCUT2D eigenvalue weighted by molar-refractivity contribution is -0.385. The minimum atomic E-state index is -0.597. The second kappa shape index (κ2) is 8.58. The largest absolute Gasteiger partial charge is 0.477 e. The molecule has 0 unspecified atom stereocenters. The molecule has 0 aliphatic heterocycles. The van der Waals surface area contributed by atoms with E-state index in [-0.39, 0.29) is 17.3 Å². The maximum Gasteiger partial charge on any atom is 0.310 e. The van der Waals surface area contributed by atoms with Gasteiger partial charge in [0.25, 0.3) is 5.91 Å². The first-order chi connectivity index (χ1) is 13.5. The number of ether oxygens (including phenoxy) is 1. The molecule has 3 aromatic rings. The second-order valence-electron chi connectivity index (χ2n) is 5.52. The number of nitrogens with one attached hydrogen (secondary N) is 1. The molecule has 8 nitrogen and oxygen atoms in total. The molecule has 1 aromatic heterocycles. The molecule has 0 aliphatic carbocycles. The smallest absolute Gasteiger partial charge is 0.310 e.